The molecule has 0 aromatic heterocycles. The van der Waals surface area contributed by atoms with Crippen LogP contribution in [-0.2, 0) is 28.5 Å². The topological polar surface area (TPSA) is 118 Å². The lowest BCUT2D eigenvalue weighted by Crippen LogP contribution is -2.59. The molecule has 3 saturated heterocycles. The average molecular weight is 741 g/mol. The molecule has 54 heavy (non-hydrogen) atoms. The van der Waals surface area contributed by atoms with Crippen LogP contribution in [0, 0.1) is 23.7 Å². The van der Waals surface area contributed by atoms with Gasteiger partial charge in [0.15, 0.2) is 5.79 Å². The Balaban J connectivity index is 1.08. The van der Waals surface area contributed by atoms with E-state index in [4.69, 9.17) is 23.7 Å². The number of allylic oxidation sites excluding steroid dienone is 4. The molecule has 1 aliphatic carbocycles. The van der Waals surface area contributed by atoms with E-state index >= 15 is 0 Å². The molecule has 0 radical (unpaired) electrons. The zero-order valence-corrected chi connectivity index (χ0v) is 32.2. The predicted molar refractivity (Wildman–Crippen MR) is 204 cm³/mol. The fraction of sp³-hybridized carbons (Fsp3) is 0.533. The van der Waals surface area contributed by atoms with E-state index < -0.39 is 35.5 Å². The summed E-state index contributed by atoms with van der Waals surface area (Å²) in [6.07, 6.45) is 11.6. The molecule has 290 valence electrons. The van der Waals surface area contributed by atoms with Crippen molar-refractivity contribution in [1.29, 1.82) is 0 Å². The van der Waals surface area contributed by atoms with Gasteiger partial charge in [-0.2, -0.15) is 0 Å². The molecule has 0 bridgehead atoms. The van der Waals surface area contributed by atoms with Gasteiger partial charge in [0.05, 0.1) is 35.9 Å². The number of ether oxygens (including phenoxy) is 5. The second-order valence-corrected chi connectivity index (χ2v) is 16.1. The Morgan fingerprint density at radius 1 is 0.944 bits per heavy atom. The van der Waals surface area contributed by atoms with E-state index in [2.05, 4.69) is 39.8 Å². The second-order valence-electron chi connectivity index (χ2n) is 16.1. The highest BCUT2D eigenvalue weighted by atomic mass is 16.7. The first-order valence-corrected chi connectivity index (χ1v) is 19.6. The molecular formula is C45H56O9. The van der Waals surface area contributed by atoms with Crippen molar-refractivity contribution < 1.29 is 43.2 Å². The zero-order valence-electron chi connectivity index (χ0n) is 32.2. The Morgan fingerprint density at radius 3 is 2.26 bits per heavy atom. The lowest BCUT2D eigenvalue weighted by molar-refractivity contribution is -0.331. The Kier molecular flexibility index (Phi) is 12.7. The molecule has 4 aliphatic rings. The zero-order chi connectivity index (χ0) is 38.5. The summed E-state index contributed by atoms with van der Waals surface area (Å²) >= 11 is 0. The van der Waals surface area contributed by atoms with Crippen molar-refractivity contribution in [3.63, 3.8) is 0 Å². The largest absolute Gasteiger partial charge is 0.458 e. The van der Waals surface area contributed by atoms with Crippen LogP contribution in [0.1, 0.15) is 100 Å². The highest BCUT2D eigenvalue weighted by Crippen LogP contribution is 2.48. The standard InChI is InChI=1S/C45H56O9/c1-29(13-12-18-36-28-50-41-40(32(4)24-37(27-46)45(36,41)49)52-43(48)35-16-10-7-11-17-35)23-30(2)19-20-38-25-39(51-42(47)34-14-8-6-9-15-34)26-44(54-38)22-21-31(3)33(5)53-44/h6-19,27,29,31-33,37-41,49H,20-26,28H2,1-5H3/b13-12+,30-19+,36-18+/t29-,31-,32-,33+,37-,38?,39-,40+,41+,44-,45+/m0/s1. The number of hydrogen-bond donors (Lipinski definition) is 1. The molecule has 1 N–H and O–H groups in total. The number of rotatable bonds is 11. The van der Waals surface area contributed by atoms with Gasteiger partial charge in [0.1, 0.15) is 30.2 Å². The van der Waals surface area contributed by atoms with Crippen molar-refractivity contribution in [3.8, 4) is 0 Å². The lowest BCUT2D eigenvalue weighted by Gasteiger charge is -2.49. The summed E-state index contributed by atoms with van der Waals surface area (Å²) in [7, 11) is 0. The number of esters is 2. The fourth-order valence-corrected chi connectivity index (χ4v) is 8.63. The van der Waals surface area contributed by atoms with Crippen LogP contribution in [-0.4, -0.2) is 71.8 Å². The summed E-state index contributed by atoms with van der Waals surface area (Å²) in [5.41, 5.74) is 1.21. The monoisotopic (exact) mass is 740 g/mol. The van der Waals surface area contributed by atoms with Crippen LogP contribution in [0.25, 0.3) is 0 Å². The molecule has 11 atom stereocenters. The molecule has 1 unspecified atom stereocenters. The van der Waals surface area contributed by atoms with Crippen LogP contribution in [0.4, 0.5) is 0 Å². The van der Waals surface area contributed by atoms with Gasteiger partial charge >= 0.3 is 11.9 Å². The van der Waals surface area contributed by atoms with Gasteiger partial charge in [-0.05, 0) is 87.1 Å². The van der Waals surface area contributed by atoms with Crippen molar-refractivity contribution in [2.24, 2.45) is 23.7 Å². The summed E-state index contributed by atoms with van der Waals surface area (Å²) in [4.78, 5) is 38.2. The van der Waals surface area contributed by atoms with Crippen molar-refractivity contribution in [3.05, 3.63) is 107 Å². The first-order chi connectivity index (χ1) is 25.9. The highest BCUT2D eigenvalue weighted by Gasteiger charge is 2.60. The molecule has 2 aromatic rings. The quantitative estimate of drug-likeness (QED) is 0.139. The molecule has 6 rings (SSSR count). The third-order valence-electron chi connectivity index (χ3n) is 11.9. The minimum atomic E-state index is -1.57. The van der Waals surface area contributed by atoms with Crippen LogP contribution < -0.4 is 0 Å². The number of benzene rings is 2. The number of aliphatic hydroxyl groups is 1. The van der Waals surface area contributed by atoms with Gasteiger partial charge < -0.3 is 33.6 Å². The van der Waals surface area contributed by atoms with Crippen molar-refractivity contribution in [2.45, 2.75) is 121 Å². The number of hydrogen-bond acceptors (Lipinski definition) is 9. The maximum absolute atomic E-state index is 13.0. The molecule has 3 aliphatic heterocycles. The van der Waals surface area contributed by atoms with Gasteiger partial charge in [-0.15, -0.1) is 0 Å². The summed E-state index contributed by atoms with van der Waals surface area (Å²) in [5, 5.41) is 12.0. The first kappa shape index (κ1) is 39.8. The molecule has 4 fully saturated rings. The normalized spacial score (nSPS) is 35.4. The third kappa shape index (κ3) is 8.97. The Morgan fingerprint density at radius 2 is 1.61 bits per heavy atom. The fourth-order valence-electron chi connectivity index (χ4n) is 8.63. The molecule has 1 spiro atoms. The summed E-state index contributed by atoms with van der Waals surface area (Å²) < 4.78 is 31.3. The van der Waals surface area contributed by atoms with Crippen molar-refractivity contribution >= 4 is 18.2 Å². The number of fused-ring (bicyclic) bond motifs is 1. The number of carbonyl (C=O) groups excluding carboxylic acids is 3. The highest BCUT2D eigenvalue weighted by molar-refractivity contribution is 5.90. The summed E-state index contributed by atoms with van der Waals surface area (Å²) in [6, 6.07) is 17.8. The molecular weight excluding hydrogens is 684 g/mol. The smallest absolute Gasteiger partial charge is 0.338 e. The van der Waals surface area contributed by atoms with Crippen molar-refractivity contribution in [1.82, 2.24) is 0 Å². The Labute approximate surface area is 319 Å². The molecule has 3 heterocycles. The predicted octanol–water partition coefficient (Wildman–Crippen LogP) is 7.98. The van der Waals surface area contributed by atoms with Crippen LogP contribution in [0.15, 0.2) is 96.1 Å². The Hall–Kier alpha value is -3.89. The second kappa shape index (κ2) is 17.3. The van der Waals surface area contributed by atoms with Crippen LogP contribution >= 0.6 is 0 Å². The van der Waals surface area contributed by atoms with Gasteiger partial charge in [-0.1, -0.05) is 87.0 Å². The summed E-state index contributed by atoms with van der Waals surface area (Å²) in [6.45, 7) is 10.6. The lowest BCUT2D eigenvalue weighted by atomic mass is 9.66. The van der Waals surface area contributed by atoms with E-state index in [1.807, 2.05) is 43.3 Å². The third-order valence-corrected chi connectivity index (χ3v) is 11.9. The van der Waals surface area contributed by atoms with Crippen LogP contribution in [0.3, 0.4) is 0 Å². The van der Waals surface area contributed by atoms with E-state index in [0.29, 0.717) is 48.3 Å². The number of aldehydes is 1. The first-order valence-electron chi connectivity index (χ1n) is 19.6. The van der Waals surface area contributed by atoms with E-state index in [1.165, 1.54) is 5.57 Å². The Bertz CT molecular complexity index is 1700. The van der Waals surface area contributed by atoms with E-state index in [-0.39, 0.29) is 42.7 Å². The van der Waals surface area contributed by atoms with Crippen LogP contribution in [0.2, 0.25) is 0 Å². The molecule has 1 saturated carbocycles. The molecule has 9 nitrogen and oxygen atoms in total. The van der Waals surface area contributed by atoms with E-state index in [9.17, 15) is 19.5 Å². The van der Waals surface area contributed by atoms with Crippen LogP contribution in [0.5, 0.6) is 0 Å². The van der Waals surface area contributed by atoms with Gasteiger partial charge in [0.2, 0.25) is 0 Å². The van der Waals surface area contributed by atoms with Gasteiger partial charge in [-0.25, -0.2) is 9.59 Å². The van der Waals surface area contributed by atoms with Gasteiger partial charge in [-0.3, -0.25) is 0 Å². The maximum Gasteiger partial charge on any atom is 0.338 e. The van der Waals surface area contributed by atoms with Gasteiger partial charge in [0.25, 0.3) is 0 Å². The molecule has 2 aromatic carbocycles. The van der Waals surface area contributed by atoms with E-state index in [1.54, 1.807) is 36.4 Å². The van der Waals surface area contributed by atoms with Gasteiger partial charge in [0, 0.05) is 19.3 Å². The SMILES string of the molecule is C/C(=C\CC1C[C@H](OC(=O)c2ccccc2)C[C@]2(CC[C@H](C)[C@@H](C)O2)O1)C[C@@H](C)/C=C/C=C1\CO[C@@H]2[C@H](OC(=O)c3ccccc3)[C@@H](C)C[C@@H](C=O)[C@]12O. The number of carbonyl (C=O) groups is 3. The maximum atomic E-state index is 13.0. The molecule has 0 amide bonds. The summed E-state index contributed by atoms with van der Waals surface area (Å²) in [5.74, 6) is -1.81. The molecule has 9 heteroatoms. The van der Waals surface area contributed by atoms with Crippen molar-refractivity contribution in [2.75, 3.05) is 6.61 Å². The minimum absolute atomic E-state index is 0.0508. The average Bonchev–Trinajstić information content (AvgIpc) is 3.50. The minimum Gasteiger partial charge on any atom is -0.458 e. The van der Waals surface area contributed by atoms with E-state index in [0.717, 1.165) is 25.5 Å².